The molecule has 0 aliphatic carbocycles. The van der Waals surface area contributed by atoms with E-state index in [-0.39, 0.29) is 5.91 Å². The Kier molecular flexibility index (Phi) is 5.21. The predicted octanol–water partition coefficient (Wildman–Crippen LogP) is 3.38. The van der Waals surface area contributed by atoms with Gasteiger partial charge in [0.25, 0.3) is 5.91 Å². The molecule has 0 unspecified atom stereocenters. The molecule has 0 aromatic heterocycles. The number of hydrogen-bond acceptors (Lipinski definition) is 3. The Hall–Kier alpha value is -1.78. The summed E-state index contributed by atoms with van der Waals surface area (Å²) >= 11 is 1.57. The van der Waals surface area contributed by atoms with Crippen LogP contribution in [-0.4, -0.2) is 19.2 Å². The van der Waals surface area contributed by atoms with E-state index < -0.39 is 0 Å². The van der Waals surface area contributed by atoms with Crippen molar-refractivity contribution in [2.45, 2.75) is 11.4 Å². The van der Waals surface area contributed by atoms with E-state index >= 15 is 0 Å². The molecule has 2 aromatic carbocycles. The molecule has 4 heteroatoms. The molecule has 20 heavy (non-hydrogen) atoms. The Labute approximate surface area is 123 Å². The minimum Gasteiger partial charge on any atom is -0.322 e. The molecule has 0 radical (unpaired) electrons. The van der Waals surface area contributed by atoms with E-state index in [0.717, 1.165) is 22.7 Å². The molecule has 2 aromatic rings. The molecule has 0 aliphatic rings. The van der Waals surface area contributed by atoms with E-state index in [2.05, 4.69) is 10.6 Å². The van der Waals surface area contributed by atoms with Gasteiger partial charge in [-0.3, -0.25) is 4.79 Å². The van der Waals surface area contributed by atoms with Crippen LogP contribution in [0.25, 0.3) is 0 Å². The first-order chi connectivity index (χ1) is 9.74. The lowest BCUT2D eigenvalue weighted by Gasteiger charge is -2.09. The Bertz CT molecular complexity index is 599. The molecule has 2 N–H and O–H groups in total. The minimum atomic E-state index is -0.0726. The summed E-state index contributed by atoms with van der Waals surface area (Å²) in [4.78, 5) is 13.3. The summed E-state index contributed by atoms with van der Waals surface area (Å²) < 4.78 is 0. The molecule has 0 saturated heterocycles. The number of thioether (sulfide) groups is 1. The van der Waals surface area contributed by atoms with Crippen LogP contribution in [0.1, 0.15) is 15.9 Å². The zero-order valence-corrected chi connectivity index (χ0v) is 12.5. The Morgan fingerprint density at radius 2 is 1.95 bits per heavy atom. The maximum absolute atomic E-state index is 12.3. The monoisotopic (exact) mass is 286 g/mol. The molecule has 0 aliphatic heterocycles. The summed E-state index contributed by atoms with van der Waals surface area (Å²) in [7, 11) is 1.90. The molecule has 0 spiro atoms. The van der Waals surface area contributed by atoms with Crippen LogP contribution in [-0.2, 0) is 6.54 Å². The zero-order valence-electron chi connectivity index (χ0n) is 11.6. The highest BCUT2D eigenvalue weighted by Gasteiger charge is 2.10. The molecule has 0 bridgehead atoms. The van der Waals surface area contributed by atoms with Gasteiger partial charge in [-0.25, -0.2) is 0 Å². The summed E-state index contributed by atoms with van der Waals surface area (Å²) in [6.07, 6.45) is 1.97. The lowest BCUT2D eigenvalue weighted by atomic mass is 10.1. The standard InChI is InChI=1S/C16H18N2OS/c1-17-11-12-6-5-7-13(10-12)18-16(19)14-8-3-4-9-15(14)20-2/h3-10,17H,11H2,1-2H3,(H,18,19). The third-order valence-corrected chi connectivity index (χ3v) is 3.71. The van der Waals surface area contributed by atoms with Crippen molar-refractivity contribution in [1.29, 1.82) is 0 Å². The van der Waals surface area contributed by atoms with Gasteiger partial charge in [0.05, 0.1) is 5.56 Å². The molecule has 0 fully saturated rings. The van der Waals surface area contributed by atoms with Crippen molar-refractivity contribution in [2.24, 2.45) is 0 Å². The first kappa shape index (κ1) is 14.6. The van der Waals surface area contributed by atoms with Crippen molar-refractivity contribution in [3.63, 3.8) is 0 Å². The third-order valence-electron chi connectivity index (χ3n) is 2.92. The number of rotatable bonds is 5. The number of benzene rings is 2. The average Bonchev–Trinajstić information content (AvgIpc) is 2.48. The van der Waals surface area contributed by atoms with Gasteiger partial charge in [0.15, 0.2) is 0 Å². The number of nitrogens with one attached hydrogen (secondary N) is 2. The van der Waals surface area contributed by atoms with Gasteiger partial charge in [0.1, 0.15) is 0 Å². The highest BCUT2D eigenvalue weighted by Crippen LogP contribution is 2.21. The minimum absolute atomic E-state index is 0.0726. The van der Waals surface area contributed by atoms with Crippen LogP contribution in [0.4, 0.5) is 5.69 Å². The van der Waals surface area contributed by atoms with Gasteiger partial charge in [-0.1, -0.05) is 24.3 Å². The zero-order chi connectivity index (χ0) is 14.4. The van der Waals surface area contributed by atoms with Gasteiger partial charge in [-0.15, -0.1) is 11.8 Å². The number of anilines is 1. The Balaban J connectivity index is 2.17. The molecule has 3 nitrogen and oxygen atoms in total. The molecule has 0 saturated carbocycles. The second-order valence-electron chi connectivity index (χ2n) is 4.39. The first-order valence-corrected chi connectivity index (χ1v) is 7.65. The second kappa shape index (κ2) is 7.12. The van der Waals surface area contributed by atoms with Gasteiger partial charge < -0.3 is 10.6 Å². The van der Waals surface area contributed by atoms with Gasteiger partial charge in [0, 0.05) is 17.1 Å². The van der Waals surface area contributed by atoms with E-state index in [4.69, 9.17) is 0 Å². The van der Waals surface area contributed by atoms with E-state index in [1.54, 1.807) is 11.8 Å². The number of carbonyl (C=O) groups excluding carboxylic acids is 1. The van der Waals surface area contributed by atoms with Crippen LogP contribution < -0.4 is 10.6 Å². The quantitative estimate of drug-likeness (QED) is 0.828. The van der Waals surface area contributed by atoms with E-state index in [9.17, 15) is 4.79 Å². The van der Waals surface area contributed by atoms with Crippen molar-refractivity contribution < 1.29 is 4.79 Å². The molecule has 0 atom stereocenters. The fourth-order valence-corrected chi connectivity index (χ4v) is 2.59. The summed E-state index contributed by atoms with van der Waals surface area (Å²) in [6, 6.07) is 15.5. The van der Waals surface area contributed by atoms with Gasteiger partial charge in [-0.05, 0) is 43.1 Å². The van der Waals surface area contributed by atoms with Crippen molar-refractivity contribution in [3.8, 4) is 0 Å². The molecule has 104 valence electrons. The van der Waals surface area contributed by atoms with Crippen LogP contribution in [0.15, 0.2) is 53.4 Å². The summed E-state index contributed by atoms with van der Waals surface area (Å²) in [5, 5.41) is 6.05. The van der Waals surface area contributed by atoms with Crippen LogP contribution in [0.5, 0.6) is 0 Å². The Morgan fingerprint density at radius 3 is 2.70 bits per heavy atom. The topological polar surface area (TPSA) is 41.1 Å². The smallest absolute Gasteiger partial charge is 0.256 e. The van der Waals surface area contributed by atoms with E-state index in [1.165, 1.54) is 0 Å². The molecule has 2 rings (SSSR count). The van der Waals surface area contributed by atoms with Crippen molar-refractivity contribution >= 4 is 23.4 Å². The van der Waals surface area contributed by atoms with Crippen molar-refractivity contribution in [1.82, 2.24) is 5.32 Å². The lowest BCUT2D eigenvalue weighted by molar-refractivity contribution is 0.102. The maximum atomic E-state index is 12.3. The summed E-state index contributed by atoms with van der Waals surface area (Å²) in [6.45, 7) is 0.783. The first-order valence-electron chi connectivity index (χ1n) is 6.42. The van der Waals surface area contributed by atoms with E-state index in [0.29, 0.717) is 5.56 Å². The van der Waals surface area contributed by atoms with Crippen LogP contribution >= 0.6 is 11.8 Å². The third kappa shape index (κ3) is 3.62. The molecular weight excluding hydrogens is 268 g/mol. The largest absolute Gasteiger partial charge is 0.322 e. The second-order valence-corrected chi connectivity index (χ2v) is 5.23. The van der Waals surface area contributed by atoms with Gasteiger partial charge in [-0.2, -0.15) is 0 Å². The predicted molar refractivity (Wildman–Crippen MR) is 85.4 cm³/mol. The number of carbonyl (C=O) groups is 1. The van der Waals surface area contributed by atoms with E-state index in [1.807, 2.05) is 61.8 Å². The van der Waals surface area contributed by atoms with Crippen LogP contribution in [0.3, 0.4) is 0 Å². The van der Waals surface area contributed by atoms with Crippen LogP contribution in [0, 0.1) is 0 Å². The number of hydrogen-bond donors (Lipinski definition) is 2. The highest BCUT2D eigenvalue weighted by atomic mass is 32.2. The molecule has 0 heterocycles. The fourth-order valence-electron chi connectivity index (χ4n) is 1.99. The average molecular weight is 286 g/mol. The maximum Gasteiger partial charge on any atom is 0.256 e. The summed E-state index contributed by atoms with van der Waals surface area (Å²) in [5.74, 6) is -0.0726. The van der Waals surface area contributed by atoms with Gasteiger partial charge in [0.2, 0.25) is 0 Å². The van der Waals surface area contributed by atoms with Gasteiger partial charge >= 0.3 is 0 Å². The lowest BCUT2D eigenvalue weighted by Crippen LogP contribution is -2.13. The summed E-state index contributed by atoms with van der Waals surface area (Å²) in [5.41, 5.74) is 2.67. The number of amides is 1. The molecular formula is C16H18N2OS. The van der Waals surface area contributed by atoms with Crippen molar-refractivity contribution in [2.75, 3.05) is 18.6 Å². The van der Waals surface area contributed by atoms with Crippen LogP contribution in [0.2, 0.25) is 0 Å². The molecule has 1 amide bonds. The normalized spacial score (nSPS) is 10.3. The Morgan fingerprint density at radius 1 is 1.15 bits per heavy atom. The fraction of sp³-hybridized carbons (Fsp3) is 0.188. The highest BCUT2D eigenvalue weighted by molar-refractivity contribution is 7.98. The van der Waals surface area contributed by atoms with Crippen molar-refractivity contribution in [3.05, 3.63) is 59.7 Å². The SMILES string of the molecule is CNCc1cccc(NC(=O)c2ccccc2SC)c1.